The molecule has 5 heteroatoms. The Morgan fingerprint density at radius 2 is 1.46 bits per heavy atom. The van der Waals surface area contributed by atoms with Gasteiger partial charge in [-0.3, -0.25) is 9.59 Å². The molecule has 0 unspecified atom stereocenters. The minimum Gasteiger partial charge on any atom is -0.455 e. The van der Waals surface area contributed by atoms with Gasteiger partial charge in [-0.2, -0.15) is 0 Å². The molecule has 0 fully saturated rings. The van der Waals surface area contributed by atoms with Gasteiger partial charge in [0.1, 0.15) is 5.92 Å². The van der Waals surface area contributed by atoms with Gasteiger partial charge in [-0.1, -0.05) is 78.3 Å². The fraction of sp³-hybridized carbons (Fsp3) is 0.130. The number of benzene rings is 3. The van der Waals surface area contributed by atoms with E-state index in [1.165, 1.54) is 0 Å². The maximum Gasteiger partial charge on any atom is 0.318 e. The molecule has 0 aliphatic heterocycles. The Morgan fingerprint density at radius 1 is 0.893 bits per heavy atom. The molecule has 1 amide bonds. The van der Waals surface area contributed by atoms with Crippen molar-refractivity contribution in [2.75, 3.05) is 11.9 Å². The lowest BCUT2D eigenvalue weighted by Gasteiger charge is -2.17. The summed E-state index contributed by atoms with van der Waals surface area (Å²) in [6, 6.07) is 24.0. The van der Waals surface area contributed by atoms with Crippen LogP contribution in [0.3, 0.4) is 0 Å². The fourth-order valence-electron chi connectivity index (χ4n) is 2.90. The van der Waals surface area contributed by atoms with Crippen molar-refractivity contribution in [1.29, 1.82) is 0 Å². The summed E-state index contributed by atoms with van der Waals surface area (Å²) in [5, 5.41) is 3.28. The topological polar surface area (TPSA) is 55.4 Å². The highest BCUT2D eigenvalue weighted by Crippen LogP contribution is 2.26. The molecule has 142 valence electrons. The third-order valence-corrected chi connectivity index (χ3v) is 4.80. The number of anilines is 1. The van der Waals surface area contributed by atoms with E-state index in [1.807, 2.05) is 67.6 Å². The molecule has 3 rings (SSSR count). The van der Waals surface area contributed by atoms with E-state index < -0.39 is 17.8 Å². The van der Waals surface area contributed by atoms with Crippen molar-refractivity contribution < 1.29 is 14.3 Å². The fourth-order valence-corrected chi connectivity index (χ4v) is 3.08. The van der Waals surface area contributed by atoms with Crippen LogP contribution in [0.2, 0.25) is 5.02 Å². The molecule has 1 N–H and O–H groups in total. The van der Waals surface area contributed by atoms with Crippen LogP contribution < -0.4 is 5.32 Å². The van der Waals surface area contributed by atoms with Gasteiger partial charge in [-0.15, -0.1) is 0 Å². The second-order valence-electron chi connectivity index (χ2n) is 6.32. The summed E-state index contributed by atoms with van der Waals surface area (Å²) < 4.78 is 5.33. The summed E-state index contributed by atoms with van der Waals surface area (Å²) in [7, 11) is 0. The van der Waals surface area contributed by atoms with E-state index in [0.717, 1.165) is 16.7 Å². The van der Waals surface area contributed by atoms with Gasteiger partial charge >= 0.3 is 5.97 Å². The second kappa shape index (κ2) is 9.20. The Kier molecular flexibility index (Phi) is 6.45. The molecule has 0 heterocycles. The molecule has 0 radical (unpaired) electrons. The number of carbonyl (C=O) groups is 2. The van der Waals surface area contributed by atoms with Crippen molar-refractivity contribution in [3.63, 3.8) is 0 Å². The van der Waals surface area contributed by atoms with E-state index in [1.54, 1.807) is 18.2 Å². The number of carbonyl (C=O) groups excluding carboxylic acids is 2. The van der Waals surface area contributed by atoms with Crippen molar-refractivity contribution in [3.05, 3.63) is 101 Å². The zero-order chi connectivity index (χ0) is 19.9. The van der Waals surface area contributed by atoms with E-state index in [9.17, 15) is 9.59 Å². The molecule has 0 bridgehead atoms. The van der Waals surface area contributed by atoms with Crippen LogP contribution in [0.25, 0.3) is 0 Å². The quantitative estimate of drug-likeness (QED) is 0.602. The Balaban J connectivity index is 1.70. The number of halogens is 1. The first kappa shape index (κ1) is 19.6. The summed E-state index contributed by atoms with van der Waals surface area (Å²) in [5.74, 6) is -1.49. The second-order valence-corrected chi connectivity index (χ2v) is 6.73. The molecule has 0 saturated heterocycles. The number of hydrogen-bond donors (Lipinski definition) is 1. The van der Waals surface area contributed by atoms with Crippen molar-refractivity contribution in [1.82, 2.24) is 0 Å². The molecule has 0 saturated carbocycles. The molecule has 0 aliphatic carbocycles. The number of ether oxygens (including phenoxy) is 1. The van der Waals surface area contributed by atoms with Crippen LogP contribution in [0, 0.1) is 6.92 Å². The van der Waals surface area contributed by atoms with Crippen LogP contribution >= 0.6 is 11.6 Å². The predicted octanol–water partition coefficient (Wildman–Crippen LogP) is 4.96. The molecular weight excluding hydrogens is 374 g/mol. The Hall–Kier alpha value is -3.11. The summed E-state index contributed by atoms with van der Waals surface area (Å²) >= 11 is 6.07. The molecule has 3 aromatic rings. The first-order chi connectivity index (χ1) is 13.6. The largest absolute Gasteiger partial charge is 0.455 e. The van der Waals surface area contributed by atoms with E-state index in [0.29, 0.717) is 10.7 Å². The van der Waals surface area contributed by atoms with Gasteiger partial charge in [-0.25, -0.2) is 0 Å². The van der Waals surface area contributed by atoms with Gasteiger partial charge in [0, 0.05) is 10.7 Å². The van der Waals surface area contributed by atoms with Crippen LogP contribution in [-0.4, -0.2) is 18.5 Å². The van der Waals surface area contributed by atoms with Crippen LogP contribution in [0.1, 0.15) is 22.6 Å². The Bertz CT molecular complexity index is 919. The number of esters is 1. The number of nitrogens with one attached hydrogen (secondary N) is 1. The highest BCUT2D eigenvalue weighted by Gasteiger charge is 2.24. The average Bonchev–Trinajstić information content (AvgIpc) is 2.72. The summed E-state index contributed by atoms with van der Waals surface area (Å²) in [6.45, 7) is 1.44. The summed E-state index contributed by atoms with van der Waals surface area (Å²) in [6.07, 6.45) is 0. The minimum atomic E-state index is -0.594. The minimum absolute atomic E-state index is 0.374. The highest BCUT2D eigenvalue weighted by molar-refractivity contribution is 6.31. The number of hydrogen-bond acceptors (Lipinski definition) is 3. The van der Waals surface area contributed by atoms with Gasteiger partial charge in [-0.05, 0) is 35.7 Å². The monoisotopic (exact) mass is 393 g/mol. The summed E-state index contributed by atoms with van der Waals surface area (Å²) in [4.78, 5) is 25.0. The smallest absolute Gasteiger partial charge is 0.318 e. The van der Waals surface area contributed by atoms with E-state index in [2.05, 4.69) is 5.32 Å². The van der Waals surface area contributed by atoms with Crippen LogP contribution in [0.4, 0.5) is 5.69 Å². The molecular formula is C23H20ClNO3. The molecule has 3 aromatic carbocycles. The van der Waals surface area contributed by atoms with Gasteiger partial charge in [0.25, 0.3) is 5.91 Å². The molecule has 0 spiro atoms. The van der Waals surface area contributed by atoms with Crippen LogP contribution in [-0.2, 0) is 14.3 Å². The number of amides is 1. The molecule has 0 aliphatic rings. The normalized spacial score (nSPS) is 10.5. The van der Waals surface area contributed by atoms with E-state index >= 15 is 0 Å². The van der Waals surface area contributed by atoms with Crippen molar-refractivity contribution in [3.8, 4) is 0 Å². The third kappa shape index (κ3) is 4.78. The lowest BCUT2D eigenvalue weighted by atomic mass is 9.91. The van der Waals surface area contributed by atoms with Gasteiger partial charge < -0.3 is 10.1 Å². The zero-order valence-corrected chi connectivity index (χ0v) is 16.1. The van der Waals surface area contributed by atoms with Crippen LogP contribution in [0.5, 0.6) is 0 Å². The van der Waals surface area contributed by atoms with Crippen molar-refractivity contribution in [2.45, 2.75) is 12.8 Å². The standard InChI is InChI=1S/C23H20ClNO3/c1-16-19(24)13-8-14-20(16)25-21(26)15-28-23(27)22(17-9-4-2-5-10-17)18-11-6-3-7-12-18/h2-14,22H,15H2,1H3,(H,25,26). The Morgan fingerprint density at radius 3 is 2.04 bits per heavy atom. The maximum atomic E-state index is 12.8. The van der Waals surface area contributed by atoms with Gasteiger partial charge in [0.2, 0.25) is 0 Å². The van der Waals surface area contributed by atoms with Crippen molar-refractivity contribution >= 4 is 29.2 Å². The maximum absolute atomic E-state index is 12.8. The van der Waals surface area contributed by atoms with E-state index in [4.69, 9.17) is 16.3 Å². The molecule has 0 aromatic heterocycles. The zero-order valence-electron chi connectivity index (χ0n) is 15.4. The molecule has 28 heavy (non-hydrogen) atoms. The van der Waals surface area contributed by atoms with Gasteiger partial charge in [0.05, 0.1) is 0 Å². The van der Waals surface area contributed by atoms with E-state index in [-0.39, 0.29) is 6.61 Å². The lowest BCUT2D eigenvalue weighted by molar-refractivity contribution is -0.147. The Labute approximate surface area is 169 Å². The number of rotatable bonds is 6. The average molecular weight is 394 g/mol. The highest BCUT2D eigenvalue weighted by atomic mass is 35.5. The molecule has 4 nitrogen and oxygen atoms in total. The first-order valence-corrected chi connectivity index (χ1v) is 9.25. The first-order valence-electron chi connectivity index (χ1n) is 8.87. The predicted molar refractivity (Wildman–Crippen MR) is 111 cm³/mol. The van der Waals surface area contributed by atoms with Crippen LogP contribution in [0.15, 0.2) is 78.9 Å². The third-order valence-electron chi connectivity index (χ3n) is 4.39. The van der Waals surface area contributed by atoms with Gasteiger partial charge in [0.15, 0.2) is 6.61 Å². The summed E-state index contributed by atoms with van der Waals surface area (Å²) in [5.41, 5.74) is 2.97. The lowest BCUT2D eigenvalue weighted by Crippen LogP contribution is -2.24. The van der Waals surface area contributed by atoms with Crippen molar-refractivity contribution in [2.24, 2.45) is 0 Å². The molecule has 0 atom stereocenters. The SMILES string of the molecule is Cc1c(Cl)cccc1NC(=O)COC(=O)C(c1ccccc1)c1ccccc1.